The van der Waals surface area contributed by atoms with Crippen LogP contribution in [0.4, 0.5) is 17.5 Å². The van der Waals surface area contributed by atoms with Crippen molar-refractivity contribution in [2.45, 2.75) is 6.42 Å². The Kier molecular flexibility index (Phi) is 2.16. The molecule has 90 valence electrons. The number of hydrogen-bond acceptors (Lipinski definition) is 4. The van der Waals surface area contributed by atoms with Crippen LogP contribution in [-0.2, 0) is 11.2 Å². The third-order valence-electron chi connectivity index (χ3n) is 2.82. The topological polar surface area (TPSA) is 92.1 Å². The molecule has 0 unspecified atom stereocenters. The minimum atomic E-state index is -0.357. The van der Waals surface area contributed by atoms with E-state index in [-0.39, 0.29) is 23.8 Å². The second kappa shape index (κ2) is 3.69. The van der Waals surface area contributed by atoms with Crippen LogP contribution in [0.15, 0.2) is 35.1 Å². The lowest BCUT2D eigenvalue weighted by Crippen LogP contribution is -2.21. The lowest BCUT2D eigenvalue weighted by molar-refractivity contribution is -0.116. The number of nitrogen functional groups attached to an aromatic ring is 1. The average Bonchev–Trinajstić information content (AvgIpc) is 2.67. The highest BCUT2D eigenvalue weighted by Gasteiger charge is 2.32. The Hall–Kier alpha value is -2.63. The molecule has 1 aromatic carbocycles. The summed E-state index contributed by atoms with van der Waals surface area (Å²) >= 11 is 0. The summed E-state index contributed by atoms with van der Waals surface area (Å²) in [5, 5.41) is 0. The average molecular weight is 242 g/mol. The number of carbonyl (C=O) groups excluding carboxylic acids is 1. The molecule has 0 spiro atoms. The summed E-state index contributed by atoms with van der Waals surface area (Å²) in [5.41, 5.74) is 6.19. The summed E-state index contributed by atoms with van der Waals surface area (Å²) < 4.78 is 0. The highest BCUT2D eigenvalue weighted by molar-refractivity contribution is 6.06. The van der Waals surface area contributed by atoms with Gasteiger partial charge in [-0.15, -0.1) is 0 Å². The Morgan fingerprint density at radius 3 is 2.67 bits per heavy atom. The van der Waals surface area contributed by atoms with Crippen LogP contribution >= 0.6 is 0 Å². The number of para-hydroxylation sites is 1. The largest absolute Gasteiger partial charge is 0.369 e. The van der Waals surface area contributed by atoms with Gasteiger partial charge in [-0.25, -0.2) is 0 Å². The number of carbonyl (C=O) groups is 1. The van der Waals surface area contributed by atoms with Crippen LogP contribution in [0.5, 0.6) is 0 Å². The maximum atomic E-state index is 12.0. The molecule has 18 heavy (non-hydrogen) atoms. The van der Waals surface area contributed by atoms with Crippen LogP contribution in [-0.4, -0.2) is 15.9 Å². The van der Waals surface area contributed by atoms with Crippen molar-refractivity contribution in [1.29, 1.82) is 0 Å². The van der Waals surface area contributed by atoms with Crippen molar-refractivity contribution in [3.05, 3.63) is 46.2 Å². The lowest BCUT2D eigenvalue weighted by atomic mass is 10.3. The molecule has 1 aromatic heterocycles. The van der Waals surface area contributed by atoms with E-state index in [1.54, 1.807) is 12.1 Å². The van der Waals surface area contributed by atoms with Crippen molar-refractivity contribution >= 4 is 23.4 Å². The minimum absolute atomic E-state index is 0.00869. The Morgan fingerprint density at radius 1 is 1.22 bits per heavy atom. The van der Waals surface area contributed by atoms with Gasteiger partial charge in [0, 0.05) is 0 Å². The van der Waals surface area contributed by atoms with Gasteiger partial charge in [0.1, 0.15) is 0 Å². The molecular weight excluding hydrogens is 232 g/mol. The number of aromatic amines is 1. The van der Waals surface area contributed by atoms with Crippen molar-refractivity contribution < 1.29 is 4.79 Å². The molecule has 0 atom stereocenters. The predicted molar refractivity (Wildman–Crippen MR) is 66.6 cm³/mol. The van der Waals surface area contributed by atoms with E-state index in [4.69, 9.17) is 5.73 Å². The monoisotopic (exact) mass is 242 g/mol. The van der Waals surface area contributed by atoms with Gasteiger partial charge < -0.3 is 5.73 Å². The number of amides is 1. The van der Waals surface area contributed by atoms with Crippen molar-refractivity contribution in [1.82, 2.24) is 9.97 Å². The molecule has 0 saturated heterocycles. The summed E-state index contributed by atoms with van der Waals surface area (Å²) in [7, 11) is 0. The number of aromatic nitrogens is 2. The first kappa shape index (κ1) is 10.5. The third-order valence-corrected chi connectivity index (χ3v) is 2.82. The predicted octanol–water partition coefficient (Wildman–Crippen LogP) is 0.573. The second-order valence-electron chi connectivity index (χ2n) is 3.99. The van der Waals surface area contributed by atoms with Crippen molar-refractivity contribution in [3.63, 3.8) is 0 Å². The number of nitrogens with two attached hydrogens (primary N) is 1. The summed E-state index contributed by atoms with van der Waals surface area (Å²) in [6.07, 6.45) is 0.0485. The molecule has 1 amide bonds. The number of fused-ring (bicyclic) bond motifs is 1. The zero-order valence-electron chi connectivity index (χ0n) is 9.38. The Labute approximate surface area is 102 Å². The molecule has 0 aliphatic carbocycles. The van der Waals surface area contributed by atoms with E-state index in [0.717, 1.165) is 0 Å². The highest BCUT2D eigenvalue weighted by atomic mass is 16.2. The second-order valence-corrected chi connectivity index (χ2v) is 3.99. The molecule has 0 bridgehead atoms. The Bertz CT molecular complexity index is 678. The first-order valence-corrected chi connectivity index (χ1v) is 5.43. The van der Waals surface area contributed by atoms with E-state index in [0.29, 0.717) is 17.1 Å². The van der Waals surface area contributed by atoms with Crippen LogP contribution in [0.2, 0.25) is 0 Å². The van der Waals surface area contributed by atoms with Gasteiger partial charge in [-0.1, -0.05) is 18.2 Å². The van der Waals surface area contributed by atoms with Crippen LogP contribution in [0, 0.1) is 0 Å². The van der Waals surface area contributed by atoms with E-state index >= 15 is 0 Å². The Morgan fingerprint density at radius 2 is 1.94 bits per heavy atom. The summed E-state index contributed by atoms with van der Waals surface area (Å²) in [5.74, 6) is 0.154. The molecular formula is C12H10N4O2. The van der Waals surface area contributed by atoms with Crippen LogP contribution < -0.4 is 16.2 Å². The van der Waals surface area contributed by atoms with Gasteiger partial charge in [0.05, 0.1) is 17.7 Å². The number of nitrogens with zero attached hydrogens (tertiary/aromatic N) is 2. The van der Waals surface area contributed by atoms with Crippen LogP contribution in [0.3, 0.4) is 0 Å². The normalized spacial score (nSPS) is 13.8. The number of rotatable bonds is 1. The van der Waals surface area contributed by atoms with Gasteiger partial charge in [-0.05, 0) is 12.1 Å². The highest BCUT2D eigenvalue weighted by Crippen LogP contribution is 2.31. The quantitative estimate of drug-likeness (QED) is 0.764. The minimum Gasteiger partial charge on any atom is -0.369 e. The smallest absolute Gasteiger partial charge is 0.258 e. The Balaban J connectivity index is 2.21. The summed E-state index contributed by atoms with van der Waals surface area (Å²) in [4.78, 5) is 31.6. The van der Waals surface area contributed by atoms with Gasteiger partial charge in [-0.3, -0.25) is 19.5 Å². The van der Waals surface area contributed by atoms with Gasteiger partial charge in [-0.2, -0.15) is 4.98 Å². The van der Waals surface area contributed by atoms with E-state index < -0.39 is 0 Å². The number of anilines is 3. The zero-order chi connectivity index (χ0) is 12.7. The number of H-pyrrole nitrogens is 1. The van der Waals surface area contributed by atoms with Gasteiger partial charge in [0.2, 0.25) is 11.9 Å². The third kappa shape index (κ3) is 1.46. The molecule has 6 nitrogen and oxygen atoms in total. The van der Waals surface area contributed by atoms with E-state index in [9.17, 15) is 9.59 Å². The molecule has 0 fully saturated rings. The molecule has 0 radical (unpaired) electrons. The molecule has 2 aromatic rings. The SMILES string of the molecule is Nc1nc2c(c(=O)[nH]1)CC(=O)N2c1ccccc1. The molecule has 1 aliphatic heterocycles. The molecule has 3 N–H and O–H groups in total. The first-order valence-electron chi connectivity index (χ1n) is 5.43. The van der Waals surface area contributed by atoms with Crippen LogP contribution in [0.25, 0.3) is 0 Å². The number of benzene rings is 1. The molecule has 3 rings (SSSR count). The molecule has 0 saturated carbocycles. The molecule has 1 aliphatic rings. The van der Waals surface area contributed by atoms with E-state index in [2.05, 4.69) is 9.97 Å². The zero-order valence-corrected chi connectivity index (χ0v) is 9.38. The maximum Gasteiger partial charge on any atom is 0.258 e. The molecule has 6 heteroatoms. The van der Waals surface area contributed by atoms with E-state index in [1.807, 2.05) is 18.2 Å². The maximum absolute atomic E-state index is 12.0. The van der Waals surface area contributed by atoms with Crippen molar-refractivity contribution in [3.8, 4) is 0 Å². The summed E-state index contributed by atoms with van der Waals surface area (Å²) in [6, 6.07) is 9.05. The van der Waals surface area contributed by atoms with Gasteiger partial charge in [0.15, 0.2) is 5.82 Å². The fraction of sp³-hybridized carbons (Fsp3) is 0.0833. The standard InChI is InChI=1S/C12H10N4O2/c13-12-14-10-8(11(18)15-12)6-9(17)16(10)7-4-2-1-3-5-7/h1-5H,6H2,(H3,13,14,15,18). The number of nitrogens with one attached hydrogen (secondary N) is 1. The molecule has 2 heterocycles. The van der Waals surface area contributed by atoms with Gasteiger partial charge >= 0.3 is 0 Å². The number of hydrogen-bond donors (Lipinski definition) is 2. The van der Waals surface area contributed by atoms with Crippen LogP contribution in [0.1, 0.15) is 5.56 Å². The lowest BCUT2D eigenvalue weighted by Gasteiger charge is -2.16. The van der Waals surface area contributed by atoms with Gasteiger partial charge in [0.25, 0.3) is 5.56 Å². The first-order chi connectivity index (χ1) is 8.66. The van der Waals surface area contributed by atoms with Crippen molar-refractivity contribution in [2.75, 3.05) is 10.6 Å². The van der Waals surface area contributed by atoms with E-state index in [1.165, 1.54) is 4.90 Å². The fourth-order valence-corrected chi connectivity index (χ4v) is 2.04. The van der Waals surface area contributed by atoms with Crippen molar-refractivity contribution in [2.24, 2.45) is 0 Å². The fourth-order valence-electron chi connectivity index (χ4n) is 2.04. The summed E-state index contributed by atoms with van der Waals surface area (Å²) in [6.45, 7) is 0.